The maximum absolute atomic E-state index is 11.6. The van der Waals surface area contributed by atoms with Crippen molar-refractivity contribution in [2.24, 2.45) is 0 Å². The van der Waals surface area contributed by atoms with Crippen LogP contribution in [0.1, 0.15) is 28.9 Å². The van der Waals surface area contributed by atoms with Gasteiger partial charge in [-0.15, -0.1) is 0 Å². The molecule has 0 spiro atoms. The van der Waals surface area contributed by atoms with Crippen molar-refractivity contribution in [1.29, 1.82) is 0 Å². The number of aliphatic hydroxyl groups excluding tert-OH is 1. The Bertz CT molecular complexity index is 581. The number of anilines is 1. The van der Waals surface area contributed by atoms with Crippen LogP contribution in [-0.2, 0) is 11.3 Å². The van der Waals surface area contributed by atoms with Crippen LogP contribution in [0.2, 0.25) is 0 Å². The first-order valence-electron chi connectivity index (χ1n) is 6.35. The van der Waals surface area contributed by atoms with Gasteiger partial charge < -0.3 is 15.6 Å². The van der Waals surface area contributed by atoms with E-state index in [1.165, 1.54) is 10.9 Å². The molecule has 0 fully saturated rings. The van der Waals surface area contributed by atoms with Gasteiger partial charge in [0.05, 0.1) is 25.5 Å². The Morgan fingerprint density at radius 3 is 2.80 bits per heavy atom. The number of esters is 1. The molecule has 6 nitrogen and oxygen atoms in total. The topological polar surface area (TPSA) is 90.4 Å². The lowest BCUT2D eigenvalue weighted by Crippen LogP contribution is -2.14. The molecule has 1 unspecified atom stereocenters. The van der Waals surface area contributed by atoms with E-state index in [1.807, 2.05) is 30.3 Å². The minimum Gasteiger partial charge on any atom is -0.462 e. The average molecular weight is 275 g/mol. The van der Waals surface area contributed by atoms with Crippen molar-refractivity contribution >= 4 is 11.8 Å². The fraction of sp³-hybridized carbons (Fsp3) is 0.286. The minimum absolute atomic E-state index is 0.176. The summed E-state index contributed by atoms with van der Waals surface area (Å²) in [6, 6.07) is 9.19. The highest BCUT2D eigenvalue weighted by molar-refractivity contribution is 5.93. The third kappa shape index (κ3) is 2.97. The van der Waals surface area contributed by atoms with Crippen LogP contribution in [0.15, 0.2) is 36.5 Å². The Balaban J connectivity index is 2.13. The Morgan fingerprint density at radius 2 is 2.15 bits per heavy atom. The van der Waals surface area contributed by atoms with Gasteiger partial charge in [-0.05, 0) is 12.5 Å². The Hall–Kier alpha value is -2.34. The lowest BCUT2D eigenvalue weighted by atomic mass is 10.1. The van der Waals surface area contributed by atoms with Gasteiger partial charge in [0.25, 0.3) is 0 Å². The quantitative estimate of drug-likeness (QED) is 0.804. The molecule has 20 heavy (non-hydrogen) atoms. The summed E-state index contributed by atoms with van der Waals surface area (Å²) in [5.74, 6) is -0.316. The predicted octanol–water partition coefficient (Wildman–Crippen LogP) is 1.38. The van der Waals surface area contributed by atoms with E-state index in [-0.39, 0.29) is 24.5 Å². The molecule has 0 aliphatic rings. The Labute approximate surface area is 116 Å². The molecule has 0 saturated carbocycles. The Kier molecular flexibility index (Phi) is 4.37. The van der Waals surface area contributed by atoms with E-state index in [1.54, 1.807) is 6.92 Å². The second-order valence-electron chi connectivity index (χ2n) is 4.27. The number of ether oxygens (including phenoxy) is 1. The molecule has 0 aliphatic heterocycles. The summed E-state index contributed by atoms with van der Waals surface area (Å²) in [5, 5.41) is 14.1. The number of nitrogens with two attached hydrogens (primary N) is 1. The zero-order valence-corrected chi connectivity index (χ0v) is 11.2. The molecule has 0 saturated heterocycles. The largest absolute Gasteiger partial charge is 0.462 e. The van der Waals surface area contributed by atoms with Crippen molar-refractivity contribution in [3.8, 4) is 0 Å². The van der Waals surface area contributed by atoms with Crippen molar-refractivity contribution in [3.05, 3.63) is 47.7 Å². The molecule has 0 amide bonds. The number of benzene rings is 1. The van der Waals surface area contributed by atoms with Gasteiger partial charge in [-0.2, -0.15) is 5.10 Å². The summed E-state index contributed by atoms with van der Waals surface area (Å²) in [5.41, 5.74) is 6.83. The molecule has 0 aliphatic carbocycles. The number of aromatic nitrogens is 2. The molecule has 1 heterocycles. The fourth-order valence-electron chi connectivity index (χ4n) is 1.85. The van der Waals surface area contributed by atoms with Crippen molar-refractivity contribution in [2.45, 2.75) is 19.6 Å². The van der Waals surface area contributed by atoms with Crippen LogP contribution in [0.5, 0.6) is 0 Å². The molecule has 1 aromatic heterocycles. The van der Waals surface area contributed by atoms with E-state index in [2.05, 4.69) is 5.10 Å². The number of hydrogen-bond donors (Lipinski definition) is 2. The predicted molar refractivity (Wildman–Crippen MR) is 74.0 cm³/mol. The van der Waals surface area contributed by atoms with E-state index in [0.29, 0.717) is 0 Å². The van der Waals surface area contributed by atoms with Gasteiger partial charge in [0.2, 0.25) is 0 Å². The number of nitrogen functional groups attached to an aromatic ring is 1. The lowest BCUT2D eigenvalue weighted by Gasteiger charge is -2.12. The maximum atomic E-state index is 11.6. The van der Waals surface area contributed by atoms with Gasteiger partial charge in [-0.25, -0.2) is 9.48 Å². The standard InChI is InChI=1S/C14H17N3O3/c1-2-20-14(19)11-8-16-17(13(11)15)9-12(18)10-6-4-3-5-7-10/h3-8,12,18H,2,9,15H2,1H3. The minimum atomic E-state index is -0.742. The third-order valence-corrected chi connectivity index (χ3v) is 2.91. The highest BCUT2D eigenvalue weighted by Crippen LogP contribution is 2.18. The van der Waals surface area contributed by atoms with E-state index in [4.69, 9.17) is 10.5 Å². The van der Waals surface area contributed by atoms with Crippen LogP contribution >= 0.6 is 0 Å². The van der Waals surface area contributed by atoms with Crippen molar-refractivity contribution in [2.75, 3.05) is 12.3 Å². The molecule has 2 rings (SSSR count). The van der Waals surface area contributed by atoms with Gasteiger partial charge in [0.15, 0.2) is 0 Å². The van der Waals surface area contributed by atoms with Crippen LogP contribution in [0.25, 0.3) is 0 Å². The third-order valence-electron chi connectivity index (χ3n) is 2.91. The van der Waals surface area contributed by atoms with Crippen molar-refractivity contribution in [3.63, 3.8) is 0 Å². The van der Waals surface area contributed by atoms with Crippen LogP contribution in [0, 0.1) is 0 Å². The highest BCUT2D eigenvalue weighted by Gasteiger charge is 2.18. The SMILES string of the molecule is CCOC(=O)c1cnn(CC(O)c2ccccc2)c1N. The van der Waals surface area contributed by atoms with Gasteiger partial charge in [-0.3, -0.25) is 0 Å². The van der Waals surface area contributed by atoms with E-state index in [0.717, 1.165) is 5.56 Å². The first-order chi connectivity index (χ1) is 9.63. The maximum Gasteiger partial charge on any atom is 0.343 e. The second kappa shape index (κ2) is 6.21. The molecule has 106 valence electrons. The molecule has 1 aromatic carbocycles. The molecule has 3 N–H and O–H groups in total. The van der Waals surface area contributed by atoms with Gasteiger partial charge in [0, 0.05) is 0 Å². The second-order valence-corrected chi connectivity index (χ2v) is 4.27. The van der Waals surface area contributed by atoms with Gasteiger partial charge in [-0.1, -0.05) is 30.3 Å². The normalized spacial score (nSPS) is 12.1. The van der Waals surface area contributed by atoms with Crippen molar-refractivity contribution in [1.82, 2.24) is 9.78 Å². The highest BCUT2D eigenvalue weighted by atomic mass is 16.5. The summed E-state index contributed by atoms with van der Waals surface area (Å²) < 4.78 is 6.27. The van der Waals surface area contributed by atoms with Crippen LogP contribution < -0.4 is 5.73 Å². The molecule has 6 heteroatoms. The van der Waals surface area contributed by atoms with E-state index >= 15 is 0 Å². The number of rotatable bonds is 5. The van der Waals surface area contributed by atoms with Crippen LogP contribution in [0.4, 0.5) is 5.82 Å². The number of nitrogens with zero attached hydrogens (tertiary/aromatic N) is 2. The number of carbonyl (C=O) groups is 1. The lowest BCUT2D eigenvalue weighted by molar-refractivity contribution is 0.0527. The summed E-state index contributed by atoms with van der Waals surface area (Å²) in [4.78, 5) is 11.6. The number of hydrogen-bond acceptors (Lipinski definition) is 5. The van der Waals surface area contributed by atoms with Gasteiger partial charge >= 0.3 is 5.97 Å². The van der Waals surface area contributed by atoms with Gasteiger partial charge in [0.1, 0.15) is 11.4 Å². The monoisotopic (exact) mass is 275 g/mol. The van der Waals surface area contributed by atoms with Crippen LogP contribution in [0.3, 0.4) is 0 Å². The molecule has 2 aromatic rings. The zero-order chi connectivity index (χ0) is 14.5. The summed E-state index contributed by atoms with van der Waals surface area (Å²) >= 11 is 0. The Morgan fingerprint density at radius 1 is 1.45 bits per heavy atom. The van der Waals surface area contributed by atoms with Crippen molar-refractivity contribution < 1.29 is 14.6 Å². The summed E-state index contributed by atoms with van der Waals surface area (Å²) in [6.45, 7) is 2.17. The molecular formula is C14H17N3O3. The fourth-order valence-corrected chi connectivity index (χ4v) is 1.85. The number of aliphatic hydroxyl groups is 1. The molecule has 0 bridgehead atoms. The molecular weight excluding hydrogens is 258 g/mol. The van der Waals surface area contributed by atoms with E-state index < -0.39 is 12.1 Å². The summed E-state index contributed by atoms with van der Waals surface area (Å²) in [7, 11) is 0. The van der Waals surface area contributed by atoms with Crippen LogP contribution in [-0.4, -0.2) is 27.5 Å². The zero-order valence-electron chi connectivity index (χ0n) is 11.2. The number of carbonyl (C=O) groups excluding carboxylic acids is 1. The average Bonchev–Trinajstić information content (AvgIpc) is 2.81. The molecule has 0 radical (unpaired) electrons. The van der Waals surface area contributed by atoms with E-state index in [9.17, 15) is 9.90 Å². The first kappa shape index (κ1) is 14.1. The first-order valence-corrected chi connectivity index (χ1v) is 6.35. The smallest absolute Gasteiger partial charge is 0.343 e. The summed E-state index contributed by atoms with van der Waals surface area (Å²) in [6.07, 6.45) is 0.610. The molecule has 1 atom stereocenters.